The van der Waals surface area contributed by atoms with Crippen LogP contribution in [0.2, 0.25) is 5.02 Å². The summed E-state index contributed by atoms with van der Waals surface area (Å²) in [7, 11) is 3.14. The molecule has 0 fully saturated rings. The van der Waals surface area contributed by atoms with Crippen LogP contribution in [-0.4, -0.2) is 23.8 Å². The number of nitrogens with zero attached hydrogens (tertiary/aromatic N) is 2. The Morgan fingerprint density at radius 2 is 1.72 bits per heavy atom. The van der Waals surface area contributed by atoms with Crippen molar-refractivity contribution in [2.45, 2.75) is 13.0 Å². The summed E-state index contributed by atoms with van der Waals surface area (Å²) in [5.74, 6) is 1.59. The zero-order valence-corrected chi connectivity index (χ0v) is 21.7. The summed E-state index contributed by atoms with van der Waals surface area (Å²) in [6.07, 6.45) is 0.485. The van der Waals surface area contributed by atoms with Gasteiger partial charge in [-0.1, -0.05) is 33.6 Å². The molecule has 0 unspecified atom stereocenters. The SMILES string of the molecule is COc1ccc(CCn2c(-c3ccc(Cl)cc3)nc3oc4ccc(Br)cc4c(=O)c3c2=O)cc1OC. The Morgan fingerprint density at radius 3 is 2.44 bits per heavy atom. The molecule has 0 radical (unpaired) electrons. The van der Waals surface area contributed by atoms with E-state index in [9.17, 15) is 9.59 Å². The van der Waals surface area contributed by atoms with Gasteiger partial charge in [0, 0.05) is 21.6 Å². The number of halogens is 2. The fourth-order valence-electron chi connectivity index (χ4n) is 4.11. The molecule has 0 N–H and O–H groups in total. The Hall–Kier alpha value is -3.62. The molecule has 0 saturated heterocycles. The molecule has 3 aromatic carbocycles. The average molecular weight is 568 g/mol. The first-order chi connectivity index (χ1) is 17.4. The van der Waals surface area contributed by atoms with E-state index in [2.05, 4.69) is 20.9 Å². The van der Waals surface area contributed by atoms with Gasteiger partial charge in [0.05, 0.1) is 19.6 Å². The lowest BCUT2D eigenvalue weighted by Crippen LogP contribution is -2.28. The van der Waals surface area contributed by atoms with Gasteiger partial charge in [0.2, 0.25) is 11.1 Å². The summed E-state index contributed by atoms with van der Waals surface area (Å²) >= 11 is 9.46. The number of fused-ring (bicyclic) bond motifs is 2. The van der Waals surface area contributed by atoms with Crippen LogP contribution in [0.4, 0.5) is 0 Å². The molecule has 0 aliphatic heterocycles. The summed E-state index contributed by atoms with van der Waals surface area (Å²) in [4.78, 5) is 31.8. The maximum Gasteiger partial charge on any atom is 0.269 e. The molecule has 7 nitrogen and oxygen atoms in total. The fourth-order valence-corrected chi connectivity index (χ4v) is 4.60. The van der Waals surface area contributed by atoms with Crippen LogP contribution < -0.4 is 20.5 Å². The van der Waals surface area contributed by atoms with Crippen LogP contribution >= 0.6 is 27.5 Å². The van der Waals surface area contributed by atoms with E-state index in [4.69, 9.17) is 25.5 Å². The number of aryl methyl sites for hydroxylation is 1. The van der Waals surface area contributed by atoms with E-state index in [0.29, 0.717) is 49.8 Å². The molecule has 2 aromatic heterocycles. The minimum absolute atomic E-state index is 0.00728. The third-order valence-corrected chi connectivity index (χ3v) is 6.68. The number of ether oxygens (including phenoxy) is 2. The predicted octanol–water partition coefficient (Wildman–Crippen LogP) is 5.85. The van der Waals surface area contributed by atoms with Gasteiger partial charge < -0.3 is 13.9 Å². The number of benzene rings is 3. The first-order valence-electron chi connectivity index (χ1n) is 11.0. The molecule has 5 aromatic rings. The van der Waals surface area contributed by atoms with Crippen LogP contribution in [0, 0.1) is 0 Å². The van der Waals surface area contributed by atoms with Crippen LogP contribution in [0.5, 0.6) is 11.5 Å². The number of aromatic nitrogens is 2. The van der Waals surface area contributed by atoms with Crippen LogP contribution in [0.15, 0.2) is 79.1 Å². The first kappa shape index (κ1) is 24.1. The molecular weight excluding hydrogens is 548 g/mol. The van der Waals surface area contributed by atoms with Crippen molar-refractivity contribution >= 4 is 49.6 Å². The third kappa shape index (κ3) is 4.38. The summed E-state index contributed by atoms with van der Waals surface area (Å²) in [6, 6.07) is 17.7. The summed E-state index contributed by atoms with van der Waals surface area (Å²) in [5, 5.41) is 0.772. The lowest BCUT2D eigenvalue weighted by Gasteiger charge is -2.14. The largest absolute Gasteiger partial charge is 0.493 e. The molecule has 9 heteroatoms. The number of rotatable bonds is 6. The highest BCUT2D eigenvalue weighted by Crippen LogP contribution is 2.28. The van der Waals surface area contributed by atoms with Crippen LogP contribution in [0.3, 0.4) is 0 Å². The molecule has 182 valence electrons. The van der Waals surface area contributed by atoms with Gasteiger partial charge in [-0.25, -0.2) is 0 Å². The minimum atomic E-state index is -0.471. The fraction of sp³-hybridized carbons (Fsp3) is 0.148. The second-order valence-electron chi connectivity index (χ2n) is 8.09. The van der Waals surface area contributed by atoms with Gasteiger partial charge in [0.15, 0.2) is 16.9 Å². The Labute approximate surface area is 219 Å². The Balaban J connectivity index is 1.70. The second kappa shape index (κ2) is 9.79. The van der Waals surface area contributed by atoms with Crippen LogP contribution in [0.1, 0.15) is 5.56 Å². The Bertz CT molecular complexity index is 1730. The average Bonchev–Trinajstić information content (AvgIpc) is 2.88. The van der Waals surface area contributed by atoms with E-state index in [0.717, 1.165) is 5.56 Å². The molecule has 5 rings (SSSR count). The van der Waals surface area contributed by atoms with Crippen molar-refractivity contribution in [3.8, 4) is 22.9 Å². The van der Waals surface area contributed by atoms with E-state index < -0.39 is 11.0 Å². The minimum Gasteiger partial charge on any atom is -0.493 e. The van der Waals surface area contributed by atoms with Gasteiger partial charge in [-0.3, -0.25) is 14.2 Å². The van der Waals surface area contributed by atoms with Crippen molar-refractivity contribution in [3.63, 3.8) is 0 Å². The van der Waals surface area contributed by atoms with Gasteiger partial charge in [0.25, 0.3) is 5.56 Å². The molecule has 0 bridgehead atoms. The Kier molecular flexibility index (Phi) is 6.55. The molecule has 0 saturated carbocycles. The van der Waals surface area contributed by atoms with Crippen LogP contribution in [0.25, 0.3) is 33.5 Å². The van der Waals surface area contributed by atoms with Gasteiger partial charge in [-0.15, -0.1) is 0 Å². The molecule has 0 aliphatic carbocycles. The normalized spacial score (nSPS) is 11.2. The smallest absolute Gasteiger partial charge is 0.269 e. The summed E-state index contributed by atoms with van der Waals surface area (Å²) in [6.45, 7) is 0.269. The molecule has 0 amide bonds. The van der Waals surface area contributed by atoms with Crippen molar-refractivity contribution < 1.29 is 13.9 Å². The van der Waals surface area contributed by atoms with Crippen LogP contribution in [-0.2, 0) is 13.0 Å². The van der Waals surface area contributed by atoms with Crippen molar-refractivity contribution in [2.75, 3.05) is 14.2 Å². The molecule has 2 heterocycles. The lowest BCUT2D eigenvalue weighted by molar-refractivity contribution is 0.354. The maximum atomic E-state index is 13.8. The zero-order valence-electron chi connectivity index (χ0n) is 19.4. The third-order valence-electron chi connectivity index (χ3n) is 5.93. The second-order valence-corrected chi connectivity index (χ2v) is 9.44. The summed E-state index contributed by atoms with van der Waals surface area (Å²) < 4.78 is 18.9. The van der Waals surface area contributed by atoms with E-state index >= 15 is 0 Å². The van der Waals surface area contributed by atoms with Gasteiger partial charge >= 0.3 is 0 Å². The van der Waals surface area contributed by atoms with Crippen molar-refractivity contribution in [2.24, 2.45) is 0 Å². The number of hydrogen-bond acceptors (Lipinski definition) is 6. The quantitative estimate of drug-likeness (QED) is 0.240. The van der Waals surface area contributed by atoms with Crippen molar-refractivity contribution in [1.29, 1.82) is 0 Å². The highest BCUT2D eigenvalue weighted by Gasteiger charge is 2.19. The van der Waals surface area contributed by atoms with Crippen molar-refractivity contribution in [1.82, 2.24) is 9.55 Å². The summed E-state index contributed by atoms with van der Waals surface area (Å²) in [5.41, 5.74) is 1.05. The van der Waals surface area contributed by atoms with E-state index in [1.54, 1.807) is 56.7 Å². The molecule has 0 spiro atoms. The molecule has 0 aliphatic rings. The standard InChI is InChI=1S/C27H20BrClN2O5/c1-34-21-9-3-15(13-22(21)35-2)11-12-31-25(16-4-7-18(29)8-5-16)30-26-23(27(31)33)24(32)19-14-17(28)6-10-20(19)36-26/h3-10,13-14H,11-12H2,1-2H3. The first-order valence-corrected chi connectivity index (χ1v) is 12.2. The Morgan fingerprint density at radius 1 is 0.972 bits per heavy atom. The van der Waals surface area contributed by atoms with E-state index in [1.807, 2.05) is 18.2 Å². The van der Waals surface area contributed by atoms with Gasteiger partial charge in [0.1, 0.15) is 11.4 Å². The van der Waals surface area contributed by atoms with Gasteiger partial charge in [-0.2, -0.15) is 4.98 Å². The lowest BCUT2D eigenvalue weighted by atomic mass is 10.1. The van der Waals surface area contributed by atoms with E-state index in [-0.39, 0.29) is 17.6 Å². The molecular formula is C27H20BrClN2O5. The highest BCUT2D eigenvalue weighted by atomic mass is 79.9. The number of methoxy groups -OCH3 is 2. The number of hydrogen-bond donors (Lipinski definition) is 0. The maximum absolute atomic E-state index is 13.8. The molecule has 36 heavy (non-hydrogen) atoms. The topological polar surface area (TPSA) is 83.6 Å². The van der Waals surface area contributed by atoms with Gasteiger partial charge in [-0.05, 0) is 66.6 Å². The van der Waals surface area contributed by atoms with Crippen molar-refractivity contribution in [3.05, 3.63) is 96.3 Å². The zero-order chi connectivity index (χ0) is 25.4. The molecule has 0 atom stereocenters. The monoisotopic (exact) mass is 566 g/mol. The predicted molar refractivity (Wildman–Crippen MR) is 143 cm³/mol. The highest BCUT2D eigenvalue weighted by molar-refractivity contribution is 9.10. The van der Waals surface area contributed by atoms with E-state index in [1.165, 1.54) is 4.57 Å².